The van der Waals surface area contributed by atoms with Crippen molar-refractivity contribution in [2.75, 3.05) is 0 Å². The van der Waals surface area contributed by atoms with Crippen molar-refractivity contribution in [1.29, 1.82) is 0 Å². The lowest BCUT2D eigenvalue weighted by atomic mass is 9.93. The number of aryl methyl sites for hydroxylation is 1. The molecule has 150 valence electrons. The molecule has 0 saturated heterocycles. The van der Waals surface area contributed by atoms with Crippen molar-refractivity contribution >= 4 is 12.0 Å². The van der Waals surface area contributed by atoms with E-state index < -0.39 is 24.6 Å². The predicted octanol–water partition coefficient (Wildman–Crippen LogP) is 3.92. The van der Waals surface area contributed by atoms with Crippen LogP contribution >= 0.6 is 0 Å². The van der Waals surface area contributed by atoms with Gasteiger partial charge in [-0.25, -0.2) is 4.39 Å². The van der Waals surface area contributed by atoms with E-state index in [2.05, 4.69) is 4.98 Å². The van der Waals surface area contributed by atoms with Gasteiger partial charge in [-0.15, -0.1) is 0 Å². The Kier molecular flexibility index (Phi) is 7.43. The molecule has 0 spiro atoms. The third-order valence-electron chi connectivity index (χ3n) is 4.33. The largest absolute Gasteiger partial charge is 0.481 e. The molecule has 2 rings (SSSR count). The molecule has 0 radical (unpaired) electrons. The van der Waals surface area contributed by atoms with Crippen LogP contribution in [0.5, 0.6) is 0 Å². The number of aliphatic hydroxyl groups is 2. The zero-order chi connectivity index (χ0) is 20.8. The Hall–Kier alpha value is -2.57. The van der Waals surface area contributed by atoms with Crippen LogP contribution in [0.25, 0.3) is 17.2 Å². The molecule has 5 nitrogen and oxygen atoms in total. The first-order valence-corrected chi connectivity index (χ1v) is 9.21. The molecule has 0 aliphatic heterocycles. The number of carboxylic acid groups (broad SMARTS) is 1. The Morgan fingerprint density at radius 1 is 1.21 bits per heavy atom. The summed E-state index contributed by atoms with van der Waals surface area (Å²) in [5.74, 6) is -1.32. The Morgan fingerprint density at radius 3 is 2.43 bits per heavy atom. The van der Waals surface area contributed by atoms with Gasteiger partial charge in [-0.05, 0) is 42.2 Å². The molecule has 2 aromatic rings. The molecule has 1 aromatic heterocycles. The SMILES string of the molecule is Cc1cc(-c2ccc(F)cc2)c(/C=C/C(O)C[C@@H](O)CC(=O)O)c(C(C)C)n1. The van der Waals surface area contributed by atoms with Gasteiger partial charge in [0, 0.05) is 17.7 Å². The van der Waals surface area contributed by atoms with Gasteiger partial charge < -0.3 is 15.3 Å². The fourth-order valence-electron chi connectivity index (χ4n) is 3.04. The smallest absolute Gasteiger partial charge is 0.305 e. The second kappa shape index (κ2) is 9.57. The topological polar surface area (TPSA) is 90.7 Å². The molecular weight excluding hydrogens is 361 g/mol. The summed E-state index contributed by atoms with van der Waals surface area (Å²) >= 11 is 0. The highest BCUT2D eigenvalue weighted by Gasteiger charge is 2.16. The number of hydrogen-bond donors (Lipinski definition) is 3. The summed E-state index contributed by atoms with van der Waals surface area (Å²) in [7, 11) is 0. The Balaban J connectivity index is 2.40. The minimum absolute atomic E-state index is 0.0784. The van der Waals surface area contributed by atoms with Gasteiger partial charge in [-0.1, -0.05) is 38.1 Å². The zero-order valence-corrected chi connectivity index (χ0v) is 16.3. The number of nitrogens with zero attached hydrogens (tertiary/aromatic N) is 1. The molecule has 0 amide bonds. The van der Waals surface area contributed by atoms with Crippen molar-refractivity contribution < 1.29 is 24.5 Å². The van der Waals surface area contributed by atoms with Crippen molar-refractivity contribution in [1.82, 2.24) is 4.98 Å². The van der Waals surface area contributed by atoms with Crippen LogP contribution in [0.3, 0.4) is 0 Å². The summed E-state index contributed by atoms with van der Waals surface area (Å²) in [6.07, 6.45) is 0.626. The average Bonchev–Trinajstić information content (AvgIpc) is 2.59. The van der Waals surface area contributed by atoms with Crippen molar-refractivity contribution in [3.63, 3.8) is 0 Å². The first-order chi connectivity index (χ1) is 13.2. The maximum absolute atomic E-state index is 13.3. The molecule has 0 fully saturated rings. The highest BCUT2D eigenvalue weighted by atomic mass is 19.1. The van der Waals surface area contributed by atoms with Gasteiger partial charge in [-0.3, -0.25) is 9.78 Å². The fourth-order valence-corrected chi connectivity index (χ4v) is 3.04. The summed E-state index contributed by atoms with van der Waals surface area (Å²) in [5.41, 5.74) is 4.17. The quantitative estimate of drug-likeness (QED) is 0.639. The maximum atomic E-state index is 13.3. The van der Waals surface area contributed by atoms with E-state index in [1.54, 1.807) is 18.2 Å². The molecule has 1 aromatic carbocycles. The lowest BCUT2D eigenvalue weighted by Gasteiger charge is -2.17. The highest BCUT2D eigenvalue weighted by molar-refractivity contribution is 5.77. The van der Waals surface area contributed by atoms with Crippen LogP contribution < -0.4 is 0 Å². The lowest BCUT2D eigenvalue weighted by Crippen LogP contribution is -2.19. The number of aliphatic carboxylic acids is 1. The minimum Gasteiger partial charge on any atom is -0.481 e. The van der Waals surface area contributed by atoms with Gasteiger partial charge in [-0.2, -0.15) is 0 Å². The van der Waals surface area contributed by atoms with E-state index in [4.69, 9.17) is 5.11 Å². The van der Waals surface area contributed by atoms with Gasteiger partial charge in [0.2, 0.25) is 0 Å². The molecule has 0 bridgehead atoms. The average molecular weight is 387 g/mol. The van der Waals surface area contributed by atoms with Gasteiger partial charge in [0.15, 0.2) is 0 Å². The van der Waals surface area contributed by atoms with Crippen LogP contribution in [0.4, 0.5) is 4.39 Å². The maximum Gasteiger partial charge on any atom is 0.305 e. The number of benzene rings is 1. The lowest BCUT2D eigenvalue weighted by molar-refractivity contribution is -0.139. The first-order valence-electron chi connectivity index (χ1n) is 9.21. The number of carboxylic acids is 1. The van der Waals surface area contributed by atoms with Gasteiger partial charge >= 0.3 is 5.97 Å². The van der Waals surface area contributed by atoms with Crippen LogP contribution in [0.15, 0.2) is 36.4 Å². The van der Waals surface area contributed by atoms with E-state index in [0.29, 0.717) is 0 Å². The highest BCUT2D eigenvalue weighted by Crippen LogP contribution is 2.31. The summed E-state index contributed by atoms with van der Waals surface area (Å²) in [4.78, 5) is 15.3. The zero-order valence-electron chi connectivity index (χ0n) is 16.3. The minimum atomic E-state index is -1.13. The van der Waals surface area contributed by atoms with E-state index in [-0.39, 0.29) is 18.2 Å². The molecule has 1 unspecified atom stereocenters. The third-order valence-corrected chi connectivity index (χ3v) is 4.33. The van der Waals surface area contributed by atoms with E-state index in [9.17, 15) is 19.4 Å². The Labute approximate surface area is 164 Å². The van der Waals surface area contributed by atoms with E-state index in [1.807, 2.05) is 26.8 Å². The number of hydrogen-bond acceptors (Lipinski definition) is 4. The number of carbonyl (C=O) groups is 1. The molecule has 6 heteroatoms. The number of aromatic nitrogens is 1. The summed E-state index contributed by atoms with van der Waals surface area (Å²) < 4.78 is 13.3. The monoisotopic (exact) mass is 387 g/mol. The number of rotatable bonds is 8. The summed E-state index contributed by atoms with van der Waals surface area (Å²) in [6.45, 7) is 5.92. The molecule has 2 atom stereocenters. The summed E-state index contributed by atoms with van der Waals surface area (Å²) in [6, 6.07) is 8.08. The van der Waals surface area contributed by atoms with E-state index >= 15 is 0 Å². The van der Waals surface area contributed by atoms with E-state index in [1.165, 1.54) is 18.2 Å². The molecule has 3 N–H and O–H groups in total. The number of halogens is 1. The second-order valence-electron chi connectivity index (χ2n) is 7.19. The normalized spacial score (nSPS) is 13.8. The predicted molar refractivity (Wildman–Crippen MR) is 106 cm³/mol. The molecule has 28 heavy (non-hydrogen) atoms. The number of pyridine rings is 1. The van der Waals surface area contributed by atoms with Gasteiger partial charge in [0.05, 0.1) is 24.3 Å². The van der Waals surface area contributed by atoms with Gasteiger partial charge in [0.1, 0.15) is 5.82 Å². The van der Waals surface area contributed by atoms with E-state index in [0.717, 1.165) is 28.1 Å². The molecule has 0 saturated carbocycles. The van der Waals surface area contributed by atoms with Crippen LogP contribution in [0, 0.1) is 12.7 Å². The third kappa shape index (κ3) is 5.97. The van der Waals surface area contributed by atoms with Crippen LogP contribution in [-0.2, 0) is 4.79 Å². The van der Waals surface area contributed by atoms with Crippen molar-refractivity contribution in [3.05, 3.63) is 59.2 Å². The van der Waals surface area contributed by atoms with Crippen molar-refractivity contribution in [2.24, 2.45) is 0 Å². The first kappa shape index (κ1) is 21.7. The fraction of sp³-hybridized carbons (Fsp3) is 0.364. The second-order valence-corrected chi connectivity index (χ2v) is 7.19. The van der Waals surface area contributed by atoms with Gasteiger partial charge in [0.25, 0.3) is 0 Å². The molecule has 0 aliphatic rings. The molecule has 0 aliphatic carbocycles. The number of aliphatic hydroxyl groups excluding tert-OH is 2. The van der Waals surface area contributed by atoms with Crippen molar-refractivity contribution in [3.8, 4) is 11.1 Å². The summed E-state index contributed by atoms with van der Waals surface area (Å²) in [5, 5.41) is 28.6. The molecular formula is C22H26FNO4. The Bertz CT molecular complexity index is 846. The van der Waals surface area contributed by atoms with Crippen LogP contribution in [-0.4, -0.2) is 38.5 Å². The van der Waals surface area contributed by atoms with Crippen molar-refractivity contribution in [2.45, 2.75) is 51.7 Å². The van der Waals surface area contributed by atoms with Crippen LogP contribution in [0.1, 0.15) is 49.6 Å². The molecule has 1 heterocycles. The van der Waals surface area contributed by atoms with Crippen LogP contribution in [0.2, 0.25) is 0 Å². The Morgan fingerprint density at radius 2 is 1.86 bits per heavy atom. The standard InChI is InChI=1S/C22H26FNO4/c1-13(2)22-19(9-8-17(25)11-18(26)12-21(27)28)20(10-14(3)24-22)15-4-6-16(23)7-5-15/h4-10,13,17-18,25-26H,11-12H2,1-3H3,(H,27,28)/b9-8+/t17?,18-/m1/s1.